The zero-order chi connectivity index (χ0) is 13.3. The zero-order valence-corrected chi connectivity index (χ0v) is 11.2. The number of alkyl halides is 3. The number of hydrogen-bond acceptors (Lipinski definition) is 6. The van der Waals surface area contributed by atoms with Crippen molar-refractivity contribution in [2.75, 3.05) is 11.9 Å². The SMILES string of the molecule is Cc1csc(CN(C)c2nnc(C(F)(F)F)s2)n1. The Morgan fingerprint density at radius 2 is 2.06 bits per heavy atom. The van der Waals surface area contributed by atoms with E-state index in [0.29, 0.717) is 17.9 Å². The van der Waals surface area contributed by atoms with Crippen LogP contribution in [0.1, 0.15) is 15.7 Å². The molecule has 0 atom stereocenters. The fourth-order valence-corrected chi connectivity index (χ4v) is 2.73. The van der Waals surface area contributed by atoms with E-state index in [-0.39, 0.29) is 5.13 Å². The van der Waals surface area contributed by atoms with Gasteiger partial charge in [0, 0.05) is 18.1 Å². The maximum atomic E-state index is 12.4. The van der Waals surface area contributed by atoms with Gasteiger partial charge in [0.1, 0.15) is 5.01 Å². The number of aromatic nitrogens is 3. The molecule has 0 unspecified atom stereocenters. The highest BCUT2D eigenvalue weighted by Gasteiger charge is 2.36. The number of anilines is 1. The molecule has 0 aliphatic carbocycles. The third-order valence-electron chi connectivity index (χ3n) is 2.02. The van der Waals surface area contributed by atoms with E-state index < -0.39 is 11.2 Å². The quantitative estimate of drug-likeness (QED) is 0.873. The van der Waals surface area contributed by atoms with Gasteiger partial charge in [0.2, 0.25) is 10.1 Å². The standard InChI is InChI=1S/C9H9F3N4S2/c1-5-4-17-6(13-5)3-16(2)8-15-14-7(18-8)9(10,11)12/h4H,3H2,1-2H3. The summed E-state index contributed by atoms with van der Waals surface area (Å²) in [4.78, 5) is 5.85. The molecule has 2 rings (SSSR count). The first-order chi connectivity index (χ1) is 8.36. The molecule has 2 heterocycles. The molecule has 0 bridgehead atoms. The topological polar surface area (TPSA) is 41.9 Å². The molecular formula is C9H9F3N4S2. The summed E-state index contributed by atoms with van der Waals surface area (Å²) < 4.78 is 37.1. The Morgan fingerprint density at radius 1 is 1.33 bits per heavy atom. The van der Waals surface area contributed by atoms with Gasteiger partial charge < -0.3 is 4.90 Å². The predicted molar refractivity (Wildman–Crippen MR) is 63.9 cm³/mol. The third kappa shape index (κ3) is 2.96. The molecule has 0 aromatic carbocycles. The van der Waals surface area contributed by atoms with Gasteiger partial charge in [-0.15, -0.1) is 21.5 Å². The van der Waals surface area contributed by atoms with Crippen LogP contribution in [-0.2, 0) is 12.7 Å². The van der Waals surface area contributed by atoms with Crippen molar-refractivity contribution >= 4 is 27.8 Å². The minimum Gasteiger partial charge on any atom is -0.343 e. The second-order valence-corrected chi connectivity index (χ2v) is 5.52. The Balaban J connectivity index is 2.09. The Morgan fingerprint density at radius 3 is 2.56 bits per heavy atom. The molecule has 2 aromatic rings. The van der Waals surface area contributed by atoms with Gasteiger partial charge in [-0.1, -0.05) is 11.3 Å². The summed E-state index contributed by atoms with van der Waals surface area (Å²) in [6.07, 6.45) is -4.44. The third-order valence-corrected chi connectivity index (χ3v) is 4.06. The van der Waals surface area contributed by atoms with Crippen molar-refractivity contribution in [3.8, 4) is 0 Å². The minimum absolute atomic E-state index is 0.232. The molecule has 0 spiro atoms. The van der Waals surface area contributed by atoms with Crippen molar-refractivity contribution < 1.29 is 13.2 Å². The van der Waals surface area contributed by atoms with Crippen LogP contribution in [0.5, 0.6) is 0 Å². The highest BCUT2D eigenvalue weighted by atomic mass is 32.1. The van der Waals surface area contributed by atoms with Gasteiger partial charge in [0.25, 0.3) is 0 Å². The lowest BCUT2D eigenvalue weighted by Crippen LogP contribution is -2.15. The van der Waals surface area contributed by atoms with E-state index in [0.717, 1.165) is 10.7 Å². The molecule has 18 heavy (non-hydrogen) atoms. The van der Waals surface area contributed by atoms with Crippen LogP contribution in [0.2, 0.25) is 0 Å². The van der Waals surface area contributed by atoms with Gasteiger partial charge in [0.05, 0.1) is 6.54 Å². The highest BCUT2D eigenvalue weighted by molar-refractivity contribution is 7.15. The Labute approximate surface area is 109 Å². The highest BCUT2D eigenvalue weighted by Crippen LogP contribution is 2.34. The van der Waals surface area contributed by atoms with E-state index in [4.69, 9.17) is 0 Å². The normalized spacial score (nSPS) is 11.8. The predicted octanol–water partition coefficient (Wildman–Crippen LogP) is 2.96. The van der Waals surface area contributed by atoms with Gasteiger partial charge in [-0.25, -0.2) is 4.98 Å². The van der Waals surface area contributed by atoms with Crippen LogP contribution in [0.15, 0.2) is 5.38 Å². The number of rotatable bonds is 3. The number of halogens is 3. The summed E-state index contributed by atoms with van der Waals surface area (Å²) in [6, 6.07) is 0. The lowest BCUT2D eigenvalue weighted by molar-refractivity contribution is -0.138. The Bertz CT molecular complexity index is 534. The van der Waals surface area contributed by atoms with Crippen molar-refractivity contribution in [1.29, 1.82) is 0 Å². The van der Waals surface area contributed by atoms with Crippen molar-refractivity contribution in [2.45, 2.75) is 19.6 Å². The average molecular weight is 294 g/mol. The molecule has 0 radical (unpaired) electrons. The van der Waals surface area contributed by atoms with Gasteiger partial charge in [-0.3, -0.25) is 0 Å². The second-order valence-electron chi connectivity index (χ2n) is 3.63. The summed E-state index contributed by atoms with van der Waals surface area (Å²) in [7, 11) is 1.66. The van der Waals surface area contributed by atoms with Crippen LogP contribution >= 0.6 is 22.7 Å². The molecule has 0 saturated carbocycles. The first-order valence-electron chi connectivity index (χ1n) is 4.89. The summed E-state index contributed by atoms with van der Waals surface area (Å²) in [5.74, 6) is 0. The van der Waals surface area contributed by atoms with E-state index in [9.17, 15) is 13.2 Å². The van der Waals surface area contributed by atoms with Crippen LogP contribution in [0.25, 0.3) is 0 Å². The lowest BCUT2D eigenvalue weighted by atomic mass is 10.5. The molecule has 0 N–H and O–H groups in total. The number of hydrogen-bond donors (Lipinski definition) is 0. The number of aryl methyl sites for hydroxylation is 1. The molecule has 98 valence electrons. The summed E-state index contributed by atoms with van der Waals surface area (Å²) in [5, 5.41) is 8.70. The maximum absolute atomic E-state index is 12.4. The fourth-order valence-electron chi connectivity index (χ4n) is 1.23. The molecular weight excluding hydrogens is 285 g/mol. The second kappa shape index (κ2) is 4.81. The van der Waals surface area contributed by atoms with E-state index in [1.165, 1.54) is 11.3 Å². The van der Waals surface area contributed by atoms with Gasteiger partial charge in [-0.2, -0.15) is 13.2 Å². The van der Waals surface area contributed by atoms with Crippen molar-refractivity contribution in [3.05, 3.63) is 21.1 Å². The van der Waals surface area contributed by atoms with E-state index in [1.54, 1.807) is 11.9 Å². The molecule has 4 nitrogen and oxygen atoms in total. The zero-order valence-electron chi connectivity index (χ0n) is 9.52. The Kier molecular flexibility index (Phi) is 3.53. The van der Waals surface area contributed by atoms with Crippen LogP contribution in [0.4, 0.5) is 18.3 Å². The minimum atomic E-state index is -4.44. The molecule has 0 aliphatic heterocycles. The molecule has 2 aromatic heterocycles. The van der Waals surface area contributed by atoms with E-state index >= 15 is 0 Å². The number of nitrogens with zero attached hydrogens (tertiary/aromatic N) is 4. The van der Waals surface area contributed by atoms with Crippen molar-refractivity contribution in [1.82, 2.24) is 15.2 Å². The first-order valence-corrected chi connectivity index (χ1v) is 6.58. The molecule has 0 amide bonds. The summed E-state index contributed by atoms with van der Waals surface area (Å²) in [5.41, 5.74) is 0.900. The lowest BCUT2D eigenvalue weighted by Gasteiger charge is -2.12. The smallest absolute Gasteiger partial charge is 0.343 e. The monoisotopic (exact) mass is 294 g/mol. The molecule has 9 heteroatoms. The fraction of sp³-hybridized carbons (Fsp3) is 0.444. The van der Waals surface area contributed by atoms with Gasteiger partial charge >= 0.3 is 6.18 Å². The van der Waals surface area contributed by atoms with Gasteiger partial charge in [-0.05, 0) is 6.92 Å². The molecule has 0 aliphatic rings. The summed E-state index contributed by atoms with van der Waals surface area (Å²) in [6.45, 7) is 2.29. The average Bonchev–Trinajstić information content (AvgIpc) is 2.85. The van der Waals surface area contributed by atoms with Crippen LogP contribution in [0, 0.1) is 6.92 Å². The van der Waals surface area contributed by atoms with Crippen LogP contribution < -0.4 is 4.90 Å². The van der Waals surface area contributed by atoms with Crippen LogP contribution in [-0.4, -0.2) is 22.2 Å². The van der Waals surface area contributed by atoms with Gasteiger partial charge in [0.15, 0.2) is 0 Å². The first kappa shape index (κ1) is 13.2. The largest absolute Gasteiger partial charge is 0.445 e. The maximum Gasteiger partial charge on any atom is 0.445 e. The number of thiazole rings is 1. The van der Waals surface area contributed by atoms with Crippen molar-refractivity contribution in [3.63, 3.8) is 0 Å². The molecule has 0 fully saturated rings. The Hall–Kier alpha value is -1.22. The summed E-state index contributed by atoms with van der Waals surface area (Å²) >= 11 is 2.00. The van der Waals surface area contributed by atoms with Crippen LogP contribution in [0.3, 0.4) is 0 Å². The molecule has 0 saturated heterocycles. The van der Waals surface area contributed by atoms with Crippen molar-refractivity contribution in [2.24, 2.45) is 0 Å². The van der Waals surface area contributed by atoms with E-state index in [2.05, 4.69) is 15.2 Å². The van der Waals surface area contributed by atoms with E-state index in [1.807, 2.05) is 12.3 Å².